The molecule has 2 heterocycles. The van der Waals surface area contributed by atoms with Crippen LogP contribution in [-0.4, -0.2) is 32.6 Å². The summed E-state index contributed by atoms with van der Waals surface area (Å²) in [6, 6.07) is -0.110. The summed E-state index contributed by atoms with van der Waals surface area (Å²) >= 11 is 1.72. The molecule has 0 aromatic carbocycles. The largest absolute Gasteiger partial charge is 0.337 e. The van der Waals surface area contributed by atoms with Gasteiger partial charge in [-0.25, -0.2) is 0 Å². The topological polar surface area (TPSA) is 85.2 Å². The van der Waals surface area contributed by atoms with E-state index in [1.54, 1.807) is 11.8 Å². The molecule has 2 aliphatic rings. The minimum absolute atomic E-state index is 0.0288. The van der Waals surface area contributed by atoms with E-state index in [0.29, 0.717) is 17.6 Å². The minimum atomic E-state index is -0.418. The number of nitrogens with two attached hydrogens (primary N) is 1. The molecule has 1 saturated carbocycles. The zero-order valence-corrected chi connectivity index (χ0v) is 13.4. The predicted molar refractivity (Wildman–Crippen MR) is 80.4 cm³/mol. The zero-order valence-electron chi connectivity index (χ0n) is 12.5. The first-order valence-electron chi connectivity index (χ1n) is 7.56. The maximum Gasteiger partial charge on any atom is 0.250 e. The predicted octanol–water partition coefficient (Wildman–Crippen LogP) is 2.03. The molecule has 2 unspecified atom stereocenters. The quantitative estimate of drug-likeness (QED) is 0.916. The Hall–Kier alpha value is -1.08. The smallest absolute Gasteiger partial charge is 0.250 e. The van der Waals surface area contributed by atoms with Gasteiger partial charge in [0.25, 0.3) is 0 Å². The highest BCUT2D eigenvalue weighted by Gasteiger charge is 2.41. The maximum atomic E-state index is 12.4. The van der Waals surface area contributed by atoms with Gasteiger partial charge in [0.05, 0.1) is 11.4 Å². The summed E-state index contributed by atoms with van der Waals surface area (Å²) in [4.78, 5) is 18.8. The van der Waals surface area contributed by atoms with E-state index in [2.05, 4.69) is 10.1 Å². The fraction of sp³-hybridized carbons (Fsp3) is 0.786. The second-order valence-corrected chi connectivity index (χ2v) is 7.10. The van der Waals surface area contributed by atoms with E-state index < -0.39 is 5.54 Å². The van der Waals surface area contributed by atoms with Crippen LogP contribution in [-0.2, 0) is 10.3 Å². The number of nitrogens with zero attached hydrogens (tertiary/aromatic N) is 3. The fourth-order valence-corrected chi connectivity index (χ4v) is 3.83. The Kier molecular flexibility index (Phi) is 3.96. The minimum Gasteiger partial charge on any atom is -0.337 e. The summed E-state index contributed by atoms with van der Waals surface area (Å²) in [5, 5.41) is 4.05. The Morgan fingerprint density at radius 3 is 3.00 bits per heavy atom. The van der Waals surface area contributed by atoms with E-state index in [0.717, 1.165) is 31.4 Å². The summed E-state index contributed by atoms with van der Waals surface area (Å²) in [6.07, 6.45) is 3.76. The summed E-state index contributed by atoms with van der Waals surface area (Å²) < 4.78 is 5.42. The van der Waals surface area contributed by atoms with Gasteiger partial charge in [-0.1, -0.05) is 19.0 Å². The molecule has 0 bridgehead atoms. The van der Waals surface area contributed by atoms with Crippen LogP contribution in [0.15, 0.2) is 4.52 Å². The van der Waals surface area contributed by atoms with Gasteiger partial charge in [-0.3, -0.25) is 4.79 Å². The van der Waals surface area contributed by atoms with E-state index in [9.17, 15) is 4.79 Å². The van der Waals surface area contributed by atoms with Crippen molar-refractivity contribution >= 4 is 17.7 Å². The molecule has 6 nitrogen and oxygen atoms in total. The molecule has 21 heavy (non-hydrogen) atoms. The molecule has 1 saturated heterocycles. The van der Waals surface area contributed by atoms with Gasteiger partial charge < -0.3 is 15.2 Å². The number of amides is 1. The van der Waals surface area contributed by atoms with Crippen LogP contribution in [0.5, 0.6) is 0 Å². The van der Waals surface area contributed by atoms with Crippen LogP contribution in [0.1, 0.15) is 57.3 Å². The van der Waals surface area contributed by atoms with Gasteiger partial charge >= 0.3 is 0 Å². The molecule has 3 rings (SSSR count). The zero-order chi connectivity index (χ0) is 15.0. The highest BCUT2D eigenvalue weighted by Crippen LogP contribution is 2.39. The third-order valence-electron chi connectivity index (χ3n) is 4.62. The van der Waals surface area contributed by atoms with Crippen molar-refractivity contribution in [3.63, 3.8) is 0 Å². The lowest BCUT2D eigenvalue weighted by molar-refractivity contribution is -0.136. The van der Waals surface area contributed by atoms with Gasteiger partial charge in [-0.2, -0.15) is 4.98 Å². The Morgan fingerprint density at radius 1 is 1.62 bits per heavy atom. The molecule has 1 aliphatic heterocycles. The van der Waals surface area contributed by atoms with Crippen molar-refractivity contribution in [2.75, 3.05) is 11.6 Å². The van der Waals surface area contributed by atoms with Gasteiger partial charge in [0.15, 0.2) is 5.82 Å². The monoisotopic (exact) mass is 310 g/mol. The summed E-state index contributed by atoms with van der Waals surface area (Å²) in [5.74, 6) is 2.82. The molecular weight excluding hydrogens is 288 g/mol. The lowest BCUT2D eigenvalue weighted by Gasteiger charge is -2.34. The van der Waals surface area contributed by atoms with E-state index in [1.807, 2.05) is 18.7 Å². The standard InChI is InChI=1S/C14H22N4O2S/c1-3-9(2)12(19)18-8-21-7-10(18)11-16-13(17-20-11)14(15)5-4-6-14/h9-10H,3-8,15H2,1-2H3. The molecule has 1 aromatic heterocycles. The number of hydrogen-bond donors (Lipinski definition) is 1. The van der Waals surface area contributed by atoms with Crippen molar-refractivity contribution in [3.05, 3.63) is 11.7 Å². The van der Waals surface area contributed by atoms with Gasteiger partial charge in [0.1, 0.15) is 6.04 Å². The second kappa shape index (κ2) is 5.61. The maximum absolute atomic E-state index is 12.4. The molecular formula is C14H22N4O2S. The molecule has 2 N–H and O–H groups in total. The number of aromatic nitrogens is 2. The molecule has 116 valence electrons. The first-order chi connectivity index (χ1) is 10.0. The van der Waals surface area contributed by atoms with Crippen LogP contribution < -0.4 is 5.73 Å². The van der Waals surface area contributed by atoms with E-state index in [4.69, 9.17) is 10.3 Å². The Balaban J connectivity index is 1.78. The summed E-state index contributed by atoms with van der Waals surface area (Å²) in [7, 11) is 0. The third kappa shape index (κ3) is 2.57. The van der Waals surface area contributed by atoms with Crippen molar-refractivity contribution in [2.24, 2.45) is 11.7 Å². The molecule has 2 fully saturated rings. The lowest BCUT2D eigenvalue weighted by Crippen LogP contribution is -2.44. The number of carbonyl (C=O) groups excluding carboxylic acids is 1. The van der Waals surface area contributed by atoms with E-state index >= 15 is 0 Å². The first-order valence-corrected chi connectivity index (χ1v) is 8.72. The normalized spacial score (nSPS) is 25.7. The SMILES string of the molecule is CCC(C)C(=O)N1CSCC1c1nc(C2(N)CCC2)no1. The second-order valence-electron chi connectivity index (χ2n) is 6.10. The molecule has 7 heteroatoms. The Bertz CT molecular complexity index is 529. The summed E-state index contributed by atoms with van der Waals surface area (Å²) in [6.45, 7) is 3.99. The van der Waals surface area contributed by atoms with Crippen LogP contribution in [0.4, 0.5) is 0 Å². The average molecular weight is 310 g/mol. The van der Waals surface area contributed by atoms with Crippen LogP contribution in [0.2, 0.25) is 0 Å². The number of hydrogen-bond acceptors (Lipinski definition) is 6. The summed E-state index contributed by atoms with van der Waals surface area (Å²) in [5.41, 5.74) is 5.81. The number of rotatable bonds is 4. The third-order valence-corrected chi connectivity index (χ3v) is 5.63. The van der Waals surface area contributed by atoms with Crippen LogP contribution in [0, 0.1) is 5.92 Å². The van der Waals surface area contributed by atoms with Gasteiger partial charge in [0.2, 0.25) is 11.8 Å². The fourth-order valence-electron chi connectivity index (χ4n) is 2.68. The molecule has 2 atom stereocenters. The molecule has 0 spiro atoms. The highest BCUT2D eigenvalue weighted by molar-refractivity contribution is 7.99. The van der Waals surface area contributed by atoms with E-state index in [-0.39, 0.29) is 17.9 Å². The van der Waals surface area contributed by atoms with Crippen molar-refractivity contribution in [1.82, 2.24) is 15.0 Å². The number of carbonyl (C=O) groups is 1. The molecule has 0 radical (unpaired) electrons. The van der Waals surface area contributed by atoms with Crippen LogP contribution in [0.3, 0.4) is 0 Å². The van der Waals surface area contributed by atoms with Gasteiger partial charge in [-0.15, -0.1) is 11.8 Å². The molecule has 1 aromatic rings. The van der Waals surface area contributed by atoms with Crippen molar-refractivity contribution in [3.8, 4) is 0 Å². The number of thioether (sulfide) groups is 1. The molecule has 1 amide bonds. The van der Waals surface area contributed by atoms with E-state index in [1.165, 1.54) is 0 Å². The average Bonchev–Trinajstić information content (AvgIpc) is 3.11. The van der Waals surface area contributed by atoms with Crippen molar-refractivity contribution < 1.29 is 9.32 Å². The van der Waals surface area contributed by atoms with Crippen LogP contribution >= 0.6 is 11.8 Å². The van der Waals surface area contributed by atoms with Crippen molar-refractivity contribution in [1.29, 1.82) is 0 Å². The Morgan fingerprint density at radius 2 is 2.38 bits per heavy atom. The van der Waals surface area contributed by atoms with Crippen LogP contribution in [0.25, 0.3) is 0 Å². The molecule has 1 aliphatic carbocycles. The van der Waals surface area contributed by atoms with Gasteiger partial charge in [0, 0.05) is 11.7 Å². The lowest BCUT2D eigenvalue weighted by atomic mass is 9.77. The van der Waals surface area contributed by atoms with Gasteiger partial charge in [-0.05, 0) is 25.7 Å². The first kappa shape index (κ1) is 14.8. The van der Waals surface area contributed by atoms with Crippen molar-refractivity contribution in [2.45, 2.75) is 51.1 Å². The highest BCUT2D eigenvalue weighted by atomic mass is 32.2. The Labute approximate surface area is 128 Å².